The second kappa shape index (κ2) is 9.84. The monoisotopic (exact) mass is 463 g/mol. The highest BCUT2D eigenvalue weighted by Crippen LogP contribution is 2.44. The molecule has 4 nitrogen and oxygen atoms in total. The Morgan fingerprint density at radius 3 is 2.13 bits per heavy atom. The fourth-order valence-electron chi connectivity index (χ4n) is 3.24. The molecule has 1 unspecified atom stereocenters. The first-order chi connectivity index (χ1) is 14.4. The van der Waals surface area contributed by atoms with E-state index in [0.29, 0.717) is 11.3 Å². The van der Waals surface area contributed by atoms with Crippen molar-refractivity contribution in [3.63, 3.8) is 0 Å². The Labute approximate surface area is 182 Å². The number of nitrogens with zero attached hydrogens (tertiary/aromatic N) is 1. The molecule has 31 heavy (non-hydrogen) atoms. The highest BCUT2D eigenvalue weighted by Gasteiger charge is 2.42. The van der Waals surface area contributed by atoms with Gasteiger partial charge in [-0.1, -0.05) is 26.0 Å². The summed E-state index contributed by atoms with van der Waals surface area (Å²) in [6.07, 6.45) is -8.54. The lowest BCUT2D eigenvalue weighted by molar-refractivity contribution is -0.142. The molecule has 0 amide bonds. The number of ether oxygens (including phenoxy) is 2. The highest BCUT2D eigenvalue weighted by atomic mass is 32.1. The van der Waals surface area contributed by atoms with Crippen molar-refractivity contribution in [1.29, 1.82) is 0 Å². The number of halogens is 5. The zero-order valence-electron chi connectivity index (χ0n) is 17.3. The van der Waals surface area contributed by atoms with Crippen molar-refractivity contribution in [1.82, 2.24) is 4.98 Å². The number of methoxy groups -OCH3 is 2. The molecule has 0 aliphatic carbocycles. The molecule has 0 radical (unpaired) electrons. The Kier molecular flexibility index (Phi) is 7.91. The minimum Gasteiger partial charge on any atom is -0.497 e. The quantitative estimate of drug-likeness (QED) is 0.309. The number of alkyl halides is 5. The lowest BCUT2D eigenvalue weighted by Crippen LogP contribution is -2.23. The fourth-order valence-corrected chi connectivity index (χ4v) is 3.69. The molecule has 2 rings (SSSR count). The first kappa shape index (κ1) is 24.9. The molecule has 2 aromatic rings. The maximum Gasteiger partial charge on any atom is 0.433 e. The van der Waals surface area contributed by atoms with Crippen LogP contribution in [0.4, 0.5) is 22.0 Å². The molecular weight excluding hydrogens is 441 g/mol. The van der Waals surface area contributed by atoms with E-state index in [2.05, 4.69) is 22.3 Å². The van der Waals surface area contributed by atoms with Crippen LogP contribution in [0.2, 0.25) is 0 Å². The van der Waals surface area contributed by atoms with E-state index in [1.54, 1.807) is 13.8 Å². The maximum absolute atomic E-state index is 13.9. The van der Waals surface area contributed by atoms with E-state index >= 15 is 0 Å². The van der Waals surface area contributed by atoms with Crippen LogP contribution >= 0.6 is 12.6 Å². The van der Waals surface area contributed by atoms with Gasteiger partial charge in [0.1, 0.15) is 17.1 Å². The second-order valence-electron chi connectivity index (χ2n) is 7.18. The summed E-state index contributed by atoms with van der Waals surface area (Å²) >= 11 is 4.38. The third-order valence-electron chi connectivity index (χ3n) is 4.55. The fraction of sp³-hybridized carbons (Fsp3) is 0.429. The molecule has 0 spiro atoms. The Hall–Kier alpha value is -2.36. The van der Waals surface area contributed by atoms with Gasteiger partial charge in [0, 0.05) is 5.56 Å². The van der Waals surface area contributed by atoms with Gasteiger partial charge in [0.05, 0.1) is 25.0 Å². The van der Waals surface area contributed by atoms with Gasteiger partial charge in [-0.3, -0.25) is 0 Å². The SMILES string of the molecule is COC(=O)c1c(C(F)F)nc(C(F)(F)F)c(C(S)c2ccc(OC)cc2)c1CC(C)C. The number of thiol groups is 1. The van der Waals surface area contributed by atoms with Gasteiger partial charge in [0.25, 0.3) is 6.43 Å². The van der Waals surface area contributed by atoms with Crippen molar-refractivity contribution in [2.24, 2.45) is 5.92 Å². The predicted molar refractivity (Wildman–Crippen MR) is 108 cm³/mol. The summed E-state index contributed by atoms with van der Waals surface area (Å²) in [7, 11) is 2.40. The first-order valence-corrected chi connectivity index (χ1v) is 9.76. The van der Waals surface area contributed by atoms with Gasteiger partial charge in [-0.05, 0) is 35.6 Å². The molecule has 0 saturated carbocycles. The van der Waals surface area contributed by atoms with Crippen LogP contribution in [0.3, 0.4) is 0 Å². The summed E-state index contributed by atoms with van der Waals surface area (Å²) in [6, 6.07) is 6.09. The van der Waals surface area contributed by atoms with Crippen molar-refractivity contribution < 1.29 is 36.2 Å². The van der Waals surface area contributed by atoms with Gasteiger partial charge in [0.15, 0.2) is 0 Å². The number of esters is 1. The van der Waals surface area contributed by atoms with Gasteiger partial charge in [-0.25, -0.2) is 18.6 Å². The largest absolute Gasteiger partial charge is 0.497 e. The summed E-state index contributed by atoms with van der Waals surface area (Å²) in [6.45, 7) is 3.39. The van der Waals surface area contributed by atoms with Crippen LogP contribution < -0.4 is 4.74 Å². The van der Waals surface area contributed by atoms with Crippen LogP contribution in [-0.4, -0.2) is 25.2 Å². The van der Waals surface area contributed by atoms with Gasteiger partial charge in [0.2, 0.25) is 0 Å². The zero-order chi connectivity index (χ0) is 23.5. The van der Waals surface area contributed by atoms with E-state index in [9.17, 15) is 26.7 Å². The third kappa shape index (κ3) is 5.47. The maximum atomic E-state index is 13.9. The van der Waals surface area contributed by atoms with Crippen molar-refractivity contribution in [2.45, 2.75) is 38.1 Å². The average Bonchev–Trinajstić information content (AvgIpc) is 2.70. The van der Waals surface area contributed by atoms with Crippen molar-refractivity contribution in [2.75, 3.05) is 14.2 Å². The summed E-state index contributed by atoms with van der Waals surface area (Å²) < 4.78 is 78.8. The standard InChI is InChI=1S/C21H22F5NO3S/c1-10(2)9-13-14(20(28)30-4)16(19(22)23)27-18(21(24,25)26)15(13)17(31)11-5-7-12(29-3)8-6-11/h5-8,10,17,19,31H,9H2,1-4H3. The second-order valence-corrected chi connectivity index (χ2v) is 7.69. The number of pyridine rings is 1. The molecule has 1 aromatic heterocycles. The molecule has 0 bridgehead atoms. The summed E-state index contributed by atoms with van der Waals surface area (Å²) in [5, 5.41) is -1.20. The van der Waals surface area contributed by atoms with Gasteiger partial charge < -0.3 is 9.47 Å². The zero-order valence-corrected chi connectivity index (χ0v) is 18.2. The average molecular weight is 463 g/mol. The normalized spacial score (nSPS) is 12.9. The van der Waals surface area contributed by atoms with Crippen molar-refractivity contribution >= 4 is 18.6 Å². The number of hydrogen-bond donors (Lipinski definition) is 1. The van der Waals surface area contributed by atoms with E-state index in [1.165, 1.54) is 31.4 Å². The van der Waals surface area contributed by atoms with Crippen LogP contribution in [-0.2, 0) is 17.3 Å². The molecule has 0 N–H and O–H groups in total. The summed E-state index contributed by atoms with van der Waals surface area (Å²) in [4.78, 5) is 15.6. The van der Waals surface area contributed by atoms with E-state index in [4.69, 9.17) is 4.74 Å². The van der Waals surface area contributed by atoms with Crippen LogP contribution in [0, 0.1) is 5.92 Å². The van der Waals surface area contributed by atoms with E-state index in [-0.39, 0.29) is 17.9 Å². The lowest BCUT2D eigenvalue weighted by atomic mass is 9.87. The molecule has 0 aliphatic heterocycles. The Morgan fingerprint density at radius 1 is 1.13 bits per heavy atom. The molecular formula is C21H22F5NO3S. The van der Waals surface area contributed by atoms with Crippen LogP contribution in [0.5, 0.6) is 5.75 Å². The minimum atomic E-state index is -5.05. The number of benzene rings is 1. The van der Waals surface area contributed by atoms with Crippen LogP contribution in [0.25, 0.3) is 0 Å². The van der Waals surface area contributed by atoms with Gasteiger partial charge in [-0.15, -0.1) is 0 Å². The van der Waals surface area contributed by atoms with Crippen molar-refractivity contribution in [3.05, 3.63) is 57.9 Å². The molecule has 0 fully saturated rings. The van der Waals surface area contributed by atoms with Crippen molar-refractivity contribution in [3.8, 4) is 5.75 Å². The molecule has 0 saturated heterocycles. The van der Waals surface area contributed by atoms with E-state index in [0.717, 1.165) is 7.11 Å². The Morgan fingerprint density at radius 2 is 1.71 bits per heavy atom. The lowest BCUT2D eigenvalue weighted by Gasteiger charge is -2.25. The molecule has 10 heteroatoms. The van der Waals surface area contributed by atoms with Gasteiger partial charge in [-0.2, -0.15) is 25.8 Å². The first-order valence-electron chi connectivity index (χ1n) is 9.24. The molecule has 1 heterocycles. The number of aromatic nitrogens is 1. The topological polar surface area (TPSA) is 48.4 Å². The Bertz CT molecular complexity index is 930. The Balaban J connectivity index is 2.94. The van der Waals surface area contributed by atoms with Crippen LogP contribution in [0.15, 0.2) is 24.3 Å². The minimum absolute atomic E-state index is 0.0850. The third-order valence-corrected chi connectivity index (χ3v) is 5.11. The number of carbonyl (C=O) groups is 1. The van der Waals surface area contributed by atoms with E-state index < -0.39 is 46.3 Å². The number of rotatable bonds is 7. The van der Waals surface area contributed by atoms with Gasteiger partial charge >= 0.3 is 12.1 Å². The molecule has 1 aromatic carbocycles. The van der Waals surface area contributed by atoms with E-state index in [1.807, 2.05) is 0 Å². The molecule has 1 atom stereocenters. The number of hydrogen-bond acceptors (Lipinski definition) is 5. The van der Waals surface area contributed by atoms with Crippen LogP contribution in [0.1, 0.15) is 64.0 Å². The highest BCUT2D eigenvalue weighted by molar-refractivity contribution is 7.80. The summed E-state index contributed by atoms with van der Waals surface area (Å²) in [5.41, 5.74) is -3.70. The predicted octanol–water partition coefficient (Wildman–Crippen LogP) is 6.05. The summed E-state index contributed by atoms with van der Waals surface area (Å²) in [5.74, 6) is -0.958. The molecule has 0 aliphatic rings. The molecule has 170 valence electrons. The number of carbonyl (C=O) groups excluding carboxylic acids is 1. The smallest absolute Gasteiger partial charge is 0.433 e.